The van der Waals surface area contributed by atoms with Crippen molar-refractivity contribution in [2.75, 3.05) is 25.5 Å². The first-order valence-electron chi connectivity index (χ1n) is 8.82. The predicted octanol–water partition coefficient (Wildman–Crippen LogP) is 3.91. The maximum Gasteiger partial charge on any atom is 0.0372 e. The maximum absolute atomic E-state index is 3.51. The highest BCUT2D eigenvalue weighted by Gasteiger charge is 2.39. The molecule has 0 aromatic heterocycles. The van der Waals surface area contributed by atoms with Crippen LogP contribution in [0.15, 0.2) is 18.2 Å². The number of rotatable bonds is 4. The van der Waals surface area contributed by atoms with Gasteiger partial charge >= 0.3 is 0 Å². The Bertz CT molecular complexity index is 510. The molecule has 0 radical (unpaired) electrons. The van der Waals surface area contributed by atoms with Crippen molar-refractivity contribution < 1.29 is 0 Å². The van der Waals surface area contributed by atoms with Crippen molar-refractivity contribution in [3.8, 4) is 0 Å². The summed E-state index contributed by atoms with van der Waals surface area (Å²) in [4.78, 5) is 2.56. The third-order valence-electron chi connectivity index (χ3n) is 5.99. The van der Waals surface area contributed by atoms with Crippen LogP contribution in [0.25, 0.3) is 0 Å². The fraction of sp³-hybridized carbons (Fsp3) is 0.684. The Balaban J connectivity index is 1.37. The second-order valence-corrected chi connectivity index (χ2v) is 7.65. The fourth-order valence-corrected chi connectivity index (χ4v) is 5.00. The first-order valence-corrected chi connectivity index (χ1v) is 8.82. The maximum atomic E-state index is 3.51. The van der Waals surface area contributed by atoms with Crippen LogP contribution in [0.3, 0.4) is 0 Å². The highest BCUT2D eigenvalue weighted by molar-refractivity contribution is 5.54. The van der Waals surface area contributed by atoms with E-state index in [9.17, 15) is 0 Å². The normalized spacial score (nSPS) is 30.5. The van der Waals surface area contributed by atoms with Crippen molar-refractivity contribution in [3.63, 3.8) is 0 Å². The molecule has 0 amide bonds. The molecular weight excluding hydrogens is 256 g/mol. The Morgan fingerprint density at radius 3 is 3.00 bits per heavy atom. The zero-order valence-electron chi connectivity index (χ0n) is 13.3. The molecule has 1 N–H and O–H groups in total. The van der Waals surface area contributed by atoms with E-state index in [1.165, 1.54) is 61.9 Å². The quantitative estimate of drug-likeness (QED) is 0.901. The summed E-state index contributed by atoms with van der Waals surface area (Å²) in [5, 5.41) is 3.51. The molecule has 3 unspecified atom stereocenters. The molecule has 4 rings (SSSR count). The van der Waals surface area contributed by atoms with E-state index < -0.39 is 0 Å². The number of benzene rings is 1. The number of anilines is 1. The van der Waals surface area contributed by atoms with Crippen LogP contribution in [0.1, 0.15) is 43.2 Å². The van der Waals surface area contributed by atoms with Crippen LogP contribution in [0, 0.1) is 17.8 Å². The van der Waals surface area contributed by atoms with Gasteiger partial charge < -0.3 is 10.2 Å². The molecule has 2 heteroatoms. The summed E-state index contributed by atoms with van der Waals surface area (Å²) in [6.07, 6.45) is 8.58. The standard InChI is InChI=1S/C19H28N2/c1-21(13-18-10-14-4-6-16(18)9-14)12-15-5-7-19-17(11-15)3-2-8-20-19/h5,7,11,14,16,18,20H,2-4,6,8-10,12-13H2,1H3. The fourth-order valence-electron chi connectivity index (χ4n) is 5.00. The van der Waals surface area contributed by atoms with Gasteiger partial charge in [0.05, 0.1) is 0 Å². The molecule has 21 heavy (non-hydrogen) atoms. The van der Waals surface area contributed by atoms with Crippen LogP contribution < -0.4 is 5.32 Å². The van der Waals surface area contributed by atoms with E-state index in [0.717, 1.165) is 30.8 Å². The smallest absolute Gasteiger partial charge is 0.0372 e. The molecular formula is C19H28N2. The van der Waals surface area contributed by atoms with E-state index in [0.29, 0.717) is 0 Å². The summed E-state index contributed by atoms with van der Waals surface area (Å²) >= 11 is 0. The summed E-state index contributed by atoms with van der Waals surface area (Å²) in [6.45, 7) is 3.55. The molecule has 2 nitrogen and oxygen atoms in total. The molecule has 0 spiro atoms. The molecule has 1 aromatic rings. The van der Waals surface area contributed by atoms with Gasteiger partial charge in [0.1, 0.15) is 0 Å². The molecule has 1 heterocycles. The first-order chi connectivity index (χ1) is 10.3. The van der Waals surface area contributed by atoms with Crippen LogP contribution in [0.5, 0.6) is 0 Å². The van der Waals surface area contributed by atoms with Crippen LogP contribution in [0.4, 0.5) is 5.69 Å². The van der Waals surface area contributed by atoms with Crippen LogP contribution in [0.2, 0.25) is 0 Å². The molecule has 0 saturated heterocycles. The molecule has 3 aliphatic rings. The minimum Gasteiger partial charge on any atom is -0.385 e. The minimum atomic E-state index is 0.980. The topological polar surface area (TPSA) is 15.3 Å². The molecule has 2 bridgehead atoms. The second kappa shape index (κ2) is 5.64. The van der Waals surface area contributed by atoms with E-state index in [-0.39, 0.29) is 0 Å². The molecule has 1 aliphatic heterocycles. The second-order valence-electron chi connectivity index (χ2n) is 7.65. The van der Waals surface area contributed by atoms with Gasteiger partial charge in [0.2, 0.25) is 0 Å². The number of nitrogens with zero attached hydrogens (tertiary/aromatic N) is 1. The largest absolute Gasteiger partial charge is 0.385 e. The highest BCUT2D eigenvalue weighted by Crippen LogP contribution is 2.48. The van der Waals surface area contributed by atoms with Crippen molar-refractivity contribution in [2.45, 2.75) is 45.1 Å². The van der Waals surface area contributed by atoms with Crippen molar-refractivity contribution >= 4 is 5.69 Å². The number of hydrogen-bond donors (Lipinski definition) is 1. The Morgan fingerprint density at radius 1 is 1.24 bits per heavy atom. The number of nitrogens with one attached hydrogen (secondary N) is 1. The lowest BCUT2D eigenvalue weighted by Crippen LogP contribution is -2.28. The summed E-state index contributed by atoms with van der Waals surface area (Å²) in [5.41, 5.74) is 4.37. The summed E-state index contributed by atoms with van der Waals surface area (Å²) < 4.78 is 0. The van der Waals surface area contributed by atoms with Gasteiger partial charge in [-0.15, -0.1) is 0 Å². The molecule has 114 valence electrons. The van der Waals surface area contributed by atoms with E-state index in [1.807, 2.05) is 0 Å². The SMILES string of the molecule is CN(Cc1ccc2c(c1)CCCN2)CC1CC2CCC1C2. The molecule has 2 saturated carbocycles. The molecule has 3 atom stereocenters. The molecule has 2 aliphatic carbocycles. The van der Waals surface area contributed by atoms with Gasteiger partial charge in [-0.3, -0.25) is 0 Å². The Morgan fingerprint density at radius 2 is 2.19 bits per heavy atom. The number of fused-ring (bicyclic) bond motifs is 3. The van der Waals surface area contributed by atoms with E-state index in [2.05, 4.69) is 35.5 Å². The van der Waals surface area contributed by atoms with Crippen LogP contribution >= 0.6 is 0 Å². The van der Waals surface area contributed by atoms with Crippen molar-refractivity contribution in [1.29, 1.82) is 0 Å². The zero-order valence-corrected chi connectivity index (χ0v) is 13.3. The Kier molecular flexibility index (Phi) is 3.66. The summed E-state index contributed by atoms with van der Waals surface area (Å²) in [5.74, 6) is 3.10. The average Bonchev–Trinajstić information content (AvgIpc) is 3.09. The summed E-state index contributed by atoms with van der Waals surface area (Å²) in [7, 11) is 2.31. The van der Waals surface area contributed by atoms with E-state index >= 15 is 0 Å². The van der Waals surface area contributed by atoms with Crippen molar-refractivity contribution in [3.05, 3.63) is 29.3 Å². The van der Waals surface area contributed by atoms with Gasteiger partial charge in [0.15, 0.2) is 0 Å². The Hall–Kier alpha value is -1.02. The van der Waals surface area contributed by atoms with E-state index in [1.54, 1.807) is 0 Å². The van der Waals surface area contributed by atoms with Gasteiger partial charge in [0.25, 0.3) is 0 Å². The third kappa shape index (κ3) is 2.83. The minimum absolute atomic E-state index is 0.980. The monoisotopic (exact) mass is 284 g/mol. The number of hydrogen-bond acceptors (Lipinski definition) is 2. The van der Waals surface area contributed by atoms with E-state index in [4.69, 9.17) is 0 Å². The highest BCUT2D eigenvalue weighted by atomic mass is 15.1. The molecule has 1 aromatic carbocycles. The summed E-state index contributed by atoms with van der Waals surface area (Å²) in [6, 6.07) is 7.03. The third-order valence-corrected chi connectivity index (χ3v) is 5.99. The van der Waals surface area contributed by atoms with Crippen molar-refractivity contribution in [1.82, 2.24) is 4.90 Å². The van der Waals surface area contributed by atoms with Gasteiger partial charge in [0, 0.05) is 25.3 Å². The van der Waals surface area contributed by atoms with Gasteiger partial charge in [-0.2, -0.15) is 0 Å². The van der Waals surface area contributed by atoms with Gasteiger partial charge in [-0.1, -0.05) is 18.6 Å². The lowest BCUT2D eigenvalue weighted by atomic mass is 9.88. The van der Waals surface area contributed by atoms with Crippen molar-refractivity contribution in [2.24, 2.45) is 17.8 Å². The average molecular weight is 284 g/mol. The first kappa shape index (κ1) is 13.6. The molecule has 2 fully saturated rings. The lowest BCUT2D eigenvalue weighted by Gasteiger charge is -2.27. The predicted molar refractivity (Wildman–Crippen MR) is 88.5 cm³/mol. The number of aryl methyl sites for hydroxylation is 1. The van der Waals surface area contributed by atoms with Crippen LogP contribution in [-0.2, 0) is 13.0 Å². The zero-order chi connectivity index (χ0) is 14.2. The van der Waals surface area contributed by atoms with Crippen LogP contribution in [-0.4, -0.2) is 25.0 Å². The lowest BCUT2D eigenvalue weighted by molar-refractivity contribution is 0.214. The Labute approximate surface area is 128 Å². The van der Waals surface area contributed by atoms with Gasteiger partial charge in [-0.25, -0.2) is 0 Å². The van der Waals surface area contributed by atoms with Gasteiger partial charge in [-0.05, 0) is 74.1 Å².